The maximum absolute atomic E-state index is 9.89. The Morgan fingerprint density at radius 1 is 1.53 bits per heavy atom. The predicted octanol–water partition coefficient (Wildman–Crippen LogP) is 2.12. The van der Waals surface area contributed by atoms with Gasteiger partial charge in [0.05, 0.1) is 19.3 Å². The van der Waals surface area contributed by atoms with Crippen molar-refractivity contribution in [2.75, 3.05) is 13.2 Å². The first-order valence-electron chi connectivity index (χ1n) is 5.36. The number of epoxide rings is 1. The molecule has 1 aromatic rings. The summed E-state index contributed by atoms with van der Waals surface area (Å²) in [4.78, 5) is 0. The molecule has 1 N–H and O–H groups in total. The van der Waals surface area contributed by atoms with Crippen molar-refractivity contribution in [1.82, 2.24) is 0 Å². The van der Waals surface area contributed by atoms with E-state index in [1.54, 1.807) is 6.07 Å². The van der Waals surface area contributed by atoms with Gasteiger partial charge in [-0.2, -0.15) is 0 Å². The highest BCUT2D eigenvalue weighted by Crippen LogP contribution is 2.31. The standard InChI is InChI=1S/C12H16O3/c1-2-14-11-5-3-4-9(12(11)13)6-7-10-8-15-10/h3-5,10,13H,2,6-8H2,1H3. The number of rotatable bonds is 5. The molecule has 1 saturated heterocycles. The van der Waals surface area contributed by atoms with Gasteiger partial charge in [0.25, 0.3) is 0 Å². The van der Waals surface area contributed by atoms with Gasteiger partial charge in [-0.15, -0.1) is 0 Å². The molecule has 1 aromatic carbocycles. The molecule has 0 aliphatic carbocycles. The van der Waals surface area contributed by atoms with Crippen molar-refractivity contribution in [3.63, 3.8) is 0 Å². The van der Waals surface area contributed by atoms with Crippen molar-refractivity contribution < 1.29 is 14.6 Å². The smallest absolute Gasteiger partial charge is 0.161 e. The lowest BCUT2D eigenvalue weighted by Crippen LogP contribution is -1.96. The van der Waals surface area contributed by atoms with Crippen LogP contribution in [-0.2, 0) is 11.2 Å². The molecule has 2 rings (SSSR count). The SMILES string of the molecule is CCOc1cccc(CCC2CO2)c1O. The summed E-state index contributed by atoms with van der Waals surface area (Å²) in [5.41, 5.74) is 0.941. The molecular formula is C12H16O3. The Morgan fingerprint density at radius 2 is 2.33 bits per heavy atom. The van der Waals surface area contributed by atoms with E-state index in [-0.39, 0.29) is 5.75 Å². The Kier molecular flexibility index (Phi) is 3.11. The molecule has 1 aliphatic heterocycles. The monoisotopic (exact) mass is 208 g/mol. The molecule has 0 bridgehead atoms. The molecule has 1 unspecified atom stereocenters. The number of benzene rings is 1. The second-order valence-corrected chi connectivity index (χ2v) is 3.69. The number of ether oxygens (including phenoxy) is 2. The third-order valence-electron chi connectivity index (χ3n) is 2.52. The average molecular weight is 208 g/mol. The van der Waals surface area contributed by atoms with E-state index in [9.17, 15) is 5.11 Å². The maximum Gasteiger partial charge on any atom is 0.161 e. The van der Waals surface area contributed by atoms with Gasteiger partial charge >= 0.3 is 0 Å². The third kappa shape index (κ3) is 2.63. The molecule has 82 valence electrons. The van der Waals surface area contributed by atoms with E-state index in [0.717, 1.165) is 25.0 Å². The maximum atomic E-state index is 9.89. The van der Waals surface area contributed by atoms with Crippen molar-refractivity contribution in [1.29, 1.82) is 0 Å². The van der Waals surface area contributed by atoms with E-state index >= 15 is 0 Å². The highest BCUT2D eigenvalue weighted by Gasteiger charge is 2.22. The minimum absolute atomic E-state index is 0.278. The van der Waals surface area contributed by atoms with Crippen LogP contribution in [0.5, 0.6) is 11.5 Å². The Bertz CT molecular complexity index is 332. The summed E-state index contributed by atoms with van der Waals surface area (Å²) in [6.07, 6.45) is 2.22. The number of hydrogen-bond acceptors (Lipinski definition) is 3. The summed E-state index contributed by atoms with van der Waals surface area (Å²) in [6, 6.07) is 5.63. The summed E-state index contributed by atoms with van der Waals surface area (Å²) in [6.45, 7) is 3.35. The van der Waals surface area contributed by atoms with Crippen LogP contribution in [0.2, 0.25) is 0 Å². The quantitative estimate of drug-likeness (QED) is 0.754. The molecule has 15 heavy (non-hydrogen) atoms. The van der Waals surface area contributed by atoms with Crippen molar-refractivity contribution in [3.05, 3.63) is 23.8 Å². The van der Waals surface area contributed by atoms with Gasteiger partial charge in [0.2, 0.25) is 0 Å². The van der Waals surface area contributed by atoms with Crippen LogP contribution in [0.1, 0.15) is 18.9 Å². The van der Waals surface area contributed by atoms with E-state index in [0.29, 0.717) is 18.5 Å². The molecule has 3 nitrogen and oxygen atoms in total. The zero-order valence-corrected chi connectivity index (χ0v) is 8.90. The fourth-order valence-electron chi connectivity index (χ4n) is 1.59. The summed E-state index contributed by atoms with van der Waals surface area (Å²) in [7, 11) is 0. The zero-order chi connectivity index (χ0) is 10.7. The summed E-state index contributed by atoms with van der Waals surface area (Å²) < 4.78 is 10.5. The van der Waals surface area contributed by atoms with E-state index in [4.69, 9.17) is 9.47 Å². The first-order chi connectivity index (χ1) is 7.31. The predicted molar refractivity (Wildman–Crippen MR) is 57.3 cm³/mol. The van der Waals surface area contributed by atoms with Gasteiger partial charge in [0, 0.05) is 0 Å². The molecule has 0 amide bonds. The van der Waals surface area contributed by atoms with Gasteiger partial charge in [0.15, 0.2) is 11.5 Å². The topological polar surface area (TPSA) is 42.0 Å². The molecule has 0 aromatic heterocycles. The lowest BCUT2D eigenvalue weighted by atomic mass is 10.1. The van der Waals surface area contributed by atoms with Crippen LogP contribution >= 0.6 is 0 Å². The molecule has 1 aliphatic rings. The summed E-state index contributed by atoms with van der Waals surface area (Å²) >= 11 is 0. The summed E-state index contributed by atoms with van der Waals surface area (Å²) in [5, 5.41) is 9.89. The number of aromatic hydroxyl groups is 1. The van der Waals surface area contributed by atoms with Gasteiger partial charge in [0.1, 0.15) is 0 Å². The first-order valence-corrected chi connectivity index (χ1v) is 5.36. The number of hydrogen-bond donors (Lipinski definition) is 1. The highest BCUT2D eigenvalue weighted by molar-refractivity contribution is 5.45. The molecule has 0 saturated carbocycles. The lowest BCUT2D eigenvalue weighted by molar-refractivity contribution is 0.316. The molecule has 1 fully saturated rings. The van der Waals surface area contributed by atoms with Crippen LogP contribution in [-0.4, -0.2) is 24.4 Å². The number of phenols is 1. The summed E-state index contributed by atoms with van der Waals surface area (Å²) in [5.74, 6) is 0.853. The van der Waals surface area contributed by atoms with E-state index in [1.165, 1.54) is 0 Å². The molecule has 0 radical (unpaired) electrons. The lowest BCUT2D eigenvalue weighted by Gasteiger charge is -2.09. The van der Waals surface area contributed by atoms with Crippen molar-refractivity contribution >= 4 is 0 Å². The zero-order valence-electron chi connectivity index (χ0n) is 8.90. The Balaban J connectivity index is 2.04. The average Bonchev–Trinajstić information content (AvgIpc) is 3.03. The van der Waals surface area contributed by atoms with Crippen molar-refractivity contribution in [2.45, 2.75) is 25.9 Å². The largest absolute Gasteiger partial charge is 0.504 e. The number of aryl methyl sites for hydroxylation is 1. The van der Waals surface area contributed by atoms with Crippen molar-refractivity contribution in [3.8, 4) is 11.5 Å². The Hall–Kier alpha value is -1.22. The van der Waals surface area contributed by atoms with Gasteiger partial charge in [-0.1, -0.05) is 12.1 Å². The van der Waals surface area contributed by atoms with Crippen LogP contribution < -0.4 is 4.74 Å². The fraction of sp³-hybridized carbons (Fsp3) is 0.500. The van der Waals surface area contributed by atoms with Gasteiger partial charge in [-0.05, 0) is 31.4 Å². The molecular weight excluding hydrogens is 192 g/mol. The second-order valence-electron chi connectivity index (χ2n) is 3.69. The van der Waals surface area contributed by atoms with Crippen LogP contribution in [0.25, 0.3) is 0 Å². The Morgan fingerprint density at radius 3 is 3.00 bits per heavy atom. The van der Waals surface area contributed by atoms with Crippen LogP contribution in [0.4, 0.5) is 0 Å². The van der Waals surface area contributed by atoms with Gasteiger partial charge < -0.3 is 14.6 Å². The Labute approximate surface area is 89.6 Å². The molecule has 0 spiro atoms. The van der Waals surface area contributed by atoms with Crippen molar-refractivity contribution in [2.24, 2.45) is 0 Å². The second kappa shape index (κ2) is 4.53. The number of para-hydroxylation sites is 1. The first kappa shape index (κ1) is 10.3. The minimum Gasteiger partial charge on any atom is -0.504 e. The van der Waals surface area contributed by atoms with Crippen LogP contribution in [0.3, 0.4) is 0 Å². The van der Waals surface area contributed by atoms with Gasteiger partial charge in [-0.3, -0.25) is 0 Å². The number of phenolic OH excluding ortho intramolecular Hbond substituents is 1. The third-order valence-corrected chi connectivity index (χ3v) is 2.52. The van der Waals surface area contributed by atoms with E-state index in [2.05, 4.69) is 0 Å². The molecule has 1 heterocycles. The van der Waals surface area contributed by atoms with E-state index in [1.807, 2.05) is 19.1 Å². The molecule has 3 heteroatoms. The van der Waals surface area contributed by atoms with Crippen LogP contribution in [0, 0.1) is 0 Å². The minimum atomic E-state index is 0.278. The van der Waals surface area contributed by atoms with Gasteiger partial charge in [-0.25, -0.2) is 0 Å². The fourth-order valence-corrected chi connectivity index (χ4v) is 1.59. The normalized spacial score (nSPS) is 18.9. The van der Waals surface area contributed by atoms with Crippen LogP contribution in [0.15, 0.2) is 18.2 Å². The highest BCUT2D eigenvalue weighted by atomic mass is 16.6. The van der Waals surface area contributed by atoms with E-state index < -0.39 is 0 Å². The molecule has 1 atom stereocenters.